The number of hydrogen-bond donors (Lipinski definition) is 3. The molecule has 2 aromatic carbocycles. The molecular formula is C20H18F5N5O4S. The summed E-state index contributed by atoms with van der Waals surface area (Å²) in [5.74, 6) is 0.0244. The van der Waals surface area contributed by atoms with Crippen LogP contribution in [0.15, 0.2) is 59.8 Å². The third kappa shape index (κ3) is 7.65. The number of hydrogen-bond acceptors (Lipinski definition) is 8. The van der Waals surface area contributed by atoms with Crippen molar-refractivity contribution in [3.63, 3.8) is 0 Å². The fourth-order valence-corrected chi connectivity index (χ4v) is 3.43. The van der Waals surface area contributed by atoms with Crippen LogP contribution in [0.3, 0.4) is 0 Å². The Morgan fingerprint density at radius 2 is 1.63 bits per heavy atom. The molecule has 0 saturated heterocycles. The van der Waals surface area contributed by atoms with Crippen LogP contribution in [0.2, 0.25) is 0 Å². The van der Waals surface area contributed by atoms with E-state index in [0.717, 1.165) is 24.5 Å². The minimum Gasteiger partial charge on any atom is -0.482 e. The van der Waals surface area contributed by atoms with Gasteiger partial charge in [0.2, 0.25) is 10.0 Å². The summed E-state index contributed by atoms with van der Waals surface area (Å²) in [5, 5.41) is 5.62. The molecule has 1 heterocycles. The second-order valence-electron chi connectivity index (χ2n) is 6.71. The Hall–Kier alpha value is -3.72. The lowest BCUT2D eigenvalue weighted by atomic mass is 10.3. The van der Waals surface area contributed by atoms with Crippen LogP contribution >= 0.6 is 0 Å². The Balaban J connectivity index is 1.84. The highest BCUT2D eigenvalue weighted by Crippen LogP contribution is 2.32. The normalized spacial score (nSPS) is 11.9. The minimum atomic E-state index is -4.62. The number of ether oxygens (including phenoxy) is 2. The third-order valence-electron chi connectivity index (χ3n) is 4.20. The zero-order valence-electron chi connectivity index (χ0n) is 17.8. The number of rotatable bonds is 10. The first kappa shape index (κ1) is 25.9. The largest absolute Gasteiger partial charge is 0.482 e. The van der Waals surface area contributed by atoms with Crippen molar-refractivity contribution in [2.75, 3.05) is 24.3 Å². The second kappa shape index (κ2) is 10.7. The summed E-state index contributed by atoms with van der Waals surface area (Å²) >= 11 is 0. The highest BCUT2D eigenvalue weighted by atomic mass is 32.2. The predicted octanol–water partition coefficient (Wildman–Crippen LogP) is 4.41. The zero-order chi connectivity index (χ0) is 25.6. The van der Waals surface area contributed by atoms with Crippen LogP contribution in [-0.2, 0) is 10.0 Å². The van der Waals surface area contributed by atoms with E-state index in [0.29, 0.717) is 5.69 Å². The Morgan fingerprint density at radius 3 is 2.23 bits per heavy atom. The maximum absolute atomic E-state index is 12.6. The Kier molecular flexibility index (Phi) is 7.91. The summed E-state index contributed by atoms with van der Waals surface area (Å²) in [7, 11) is -2.72. The standard InChI is InChI=1S/C20H18F5N5O4S/c1-26-35(31,32)14-6-7-16(33-10-20(23,24)25)15(8-14)30-18-9-17(27-11-28-18)29-12-2-4-13(5-3-12)34-19(21)22/h2-9,11,19,26H,10H2,1H3,(H2,27,28,29,30). The molecule has 3 rings (SSSR count). The van der Waals surface area contributed by atoms with E-state index in [1.54, 1.807) is 0 Å². The minimum absolute atomic E-state index is 0.0432. The zero-order valence-corrected chi connectivity index (χ0v) is 18.6. The first-order valence-electron chi connectivity index (χ1n) is 9.63. The van der Waals surface area contributed by atoms with Crippen molar-refractivity contribution in [3.05, 3.63) is 54.9 Å². The first-order chi connectivity index (χ1) is 16.4. The van der Waals surface area contributed by atoms with Gasteiger partial charge >= 0.3 is 12.8 Å². The van der Waals surface area contributed by atoms with E-state index in [1.807, 2.05) is 0 Å². The number of nitrogens with zero attached hydrogens (tertiary/aromatic N) is 2. The Bertz CT molecular complexity index is 1260. The van der Waals surface area contributed by atoms with Crippen molar-refractivity contribution < 1.29 is 39.8 Å². The van der Waals surface area contributed by atoms with Crippen molar-refractivity contribution in [2.24, 2.45) is 0 Å². The fraction of sp³-hybridized carbons (Fsp3) is 0.200. The fourth-order valence-electron chi connectivity index (χ4n) is 2.68. The van der Waals surface area contributed by atoms with Gasteiger partial charge in [-0.2, -0.15) is 22.0 Å². The monoisotopic (exact) mass is 519 g/mol. The molecule has 3 N–H and O–H groups in total. The molecular weight excluding hydrogens is 501 g/mol. The molecule has 3 aromatic rings. The number of halogens is 5. The number of alkyl halides is 5. The average molecular weight is 519 g/mol. The topological polar surface area (TPSA) is 114 Å². The molecule has 0 aliphatic rings. The molecule has 35 heavy (non-hydrogen) atoms. The molecule has 0 unspecified atom stereocenters. The lowest BCUT2D eigenvalue weighted by molar-refractivity contribution is -0.153. The summed E-state index contributed by atoms with van der Waals surface area (Å²) in [6, 6.07) is 10.2. The molecule has 0 spiro atoms. The average Bonchev–Trinajstić information content (AvgIpc) is 2.79. The van der Waals surface area contributed by atoms with Crippen molar-refractivity contribution >= 4 is 33.0 Å². The first-order valence-corrected chi connectivity index (χ1v) is 11.1. The van der Waals surface area contributed by atoms with E-state index in [2.05, 4.69) is 30.1 Å². The number of aromatic nitrogens is 2. The van der Waals surface area contributed by atoms with Gasteiger partial charge in [-0.05, 0) is 49.5 Å². The maximum atomic E-state index is 12.6. The van der Waals surface area contributed by atoms with E-state index in [4.69, 9.17) is 4.74 Å². The van der Waals surface area contributed by atoms with Gasteiger partial charge in [0.15, 0.2) is 6.61 Å². The predicted molar refractivity (Wildman–Crippen MR) is 116 cm³/mol. The van der Waals surface area contributed by atoms with E-state index >= 15 is 0 Å². The van der Waals surface area contributed by atoms with Gasteiger partial charge in [-0.3, -0.25) is 0 Å². The van der Waals surface area contributed by atoms with Gasteiger partial charge in [0, 0.05) is 11.8 Å². The van der Waals surface area contributed by atoms with Crippen LogP contribution < -0.4 is 24.8 Å². The molecule has 1 aromatic heterocycles. The molecule has 0 radical (unpaired) electrons. The van der Waals surface area contributed by atoms with Crippen molar-refractivity contribution in [1.82, 2.24) is 14.7 Å². The number of sulfonamides is 1. The molecule has 0 fully saturated rings. The summed E-state index contributed by atoms with van der Waals surface area (Å²) in [4.78, 5) is 7.76. The summed E-state index contributed by atoms with van der Waals surface area (Å²) in [5.41, 5.74) is 0.372. The van der Waals surface area contributed by atoms with Gasteiger partial charge in [0.05, 0.1) is 10.6 Å². The van der Waals surface area contributed by atoms with Crippen LogP contribution in [0.25, 0.3) is 0 Å². The van der Waals surface area contributed by atoms with Crippen molar-refractivity contribution in [3.8, 4) is 11.5 Å². The van der Waals surface area contributed by atoms with Crippen molar-refractivity contribution in [2.45, 2.75) is 17.7 Å². The van der Waals surface area contributed by atoms with E-state index in [9.17, 15) is 30.4 Å². The quantitative estimate of drug-likeness (QED) is 0.338. The van der Waals surface area contributed by atoms with Crippen LogP contribution in [0.1, 0.15) is 0 Å². The van der Waals surface area contributed by atoms with E-state index < -0.39 is 29.4 Å². The number of benzene rings is 2. The summed E-state index contributed by atoms with van der Waals surface area (Å²) in [6.45, 7) is -4.56. The Morgan fingerprint density at radius 1 is 0.971 bits per heavy atom. The molecule has 15 heteroatoms. The highest BCUT2D eigenvalue weighted by Gasteiger charge is 2.29. The molecule has 0 atom stereocenters. The molecule has 0 aliphatic carbocycles. The number of anilines is 4. The molecule has 9 nitrogen and oxygen atoms in total. The second-order valence-corrected chi connectivity index (χ2v) is 8.60. The molecule has 188 valence electrons. The summed E-state index contributed by atoms with van der Waals surface area (Å²) < 4.78 is 97.9. The van der Waals surface area contributed by atoms with E-state index in [1.165, 1.54) is 37.4 Å². The van der Waals surface area contributed by atoms with Gasteiger partial charge < -0.3 is 20.1 Å². The SMILES string of the molecule is CNS(=O)(=O)c1ccc(OCC(F)(F)F)c(Nc2cc(Nc3ccc(OC(F)F)cc3)ncn2)c1. The summed E-state index contributed by atoms with van der Waals surface area (Å²) in [6.07, 6.45) is -3.47. The van der Waals surface area contributed by atoms with Crippen LogP contribution in [0, 0.1) is 0 Å². The molecule has 0 amide bonds. The maximum Gasteiger partial charge on any atom is 0.422 e. The van der Waals surface area contributed by atoms with Crippen LogP contribution in [0.5, 0.6) is 11.5 Å². The van der Waals surface area contributed by atoms with Crippen molar-refractivity contribution in [1.29, 1.82) is 0 Å². The smallest absolute Gasteiger partial charge is 0.422 e. The molecule has 0 bridgehead atoms. The van der Waals surface area contributed by atoms with Gasteiger partial charge in [-0.1, -0.05) is 0 Å². The van der Waals surface area contributed by atoms with Gasteiger partial charge in [-0.25, -0.2) is 23.1 Å². The van der Waals surface area contributed by atoms with Crippen LogP contribution in [-0.4, -0.2) is 44.8 Å². The van der Waals surface area contributed by atoms with E-state index in [-0.39, 0.29) is 33.7 Å². The number of nitrogens with one attached hydrogen (secondary N) is 3. The van der Waals surface area contributed by atoms with Crippen LogP contribution in [0.4, 0.5) is 45.0 Å². The Labute approximate surface area is 196 Å². The molecule has 0 aliphatic heterocycles. The third-order valence-corrected chi connectivity index (χ3v) is 5.62. The lowest BCUT2D eigenvalue weighted by Crippen LogP contribution is -2.20. The van der Waals surface area contributed by atoms with Gasteiger partial charge in [0.1, 0.15) is 29.5 Å². The van der Waals surface area contributed by atoms with Gasteiger partial charge in [-0.15, -0.1) is 0 Å². The van der Waals surface area contributed by atoms with Gasteiger partial charge in [0.25, 0.3) is 0 Å². The molecule has 0 saturated carbocycles. The lowest BCUT2D eigenvalue weighted by Gasteiger charge is -2.16. The highest BCUT2D eigenvalue weighted by molar-refractivity contribution is 7.89.